The summed E-state index contributed by atoms with van der Waals surface area (Å²) in [4.78, 5) is 10.7. The fourth-order valence-electron chi connectivity index (χ4n) is 2.34. The van der Waals surface area contributed by atoms with Gasteiger partial charge in [-0.15, -0.1) is 0 Å². The van der Waals surface area contributed by atoms with Crippen molar-refractivity contribution in [3.8, 4) is 23.0 Å². The zero-order valence-corrected chi connectivity index (χ0v) is 17.3. The molecule has 0 heterocycles. The summed E-state index contributed by atoms with van der Waals surface area (Å²) in [5, 5.41) is 13.0. The normalized spacial score (nSPS) is 10.6. The van der Waals surface area contributed by atoms with E-state index in [1.165, 1.54) is 7.11 Å². The van der Waals surface area contributed by atoms with Crippen LogP contribution in [0.4, 0.5) is 0 Å². The molecular weight excluding hydrogens is 432 g/mol. The number of hydrazone groups is 1. The van der Waals surface area contributed by atoms with Gasteiger partial charge in [-0.05, 0) is 51.3 Å². The van der Waals surface area contributed by atoms with Crippen LogP contribution in [0.3, 0.4) is 0 Å². The number of carboxylic acid groups (broad SMARTS) is 1. The van der Waals surface area contributed by atoms with Crippen LogP contribution in [0.25, 0.3) is 0 Å². The molecular formula is C19H21BrN2O6. The monoisotopic (exact) mass is 452 g/mol. The standard InChI is InChI=1S/C19H21BrN2O6/c1-25-15-5-4-12(7-16(15)26-2)9-21-22-10-13-6-14(20)19(17(8-13)27-3)28-11-18(23)24/h4-8,10,21H,9,11H2,1-3H3,(H,23,24)/b22-10-. The summed E-state index contributed by atoms with van der Waals surface area (Å²) in [6.07, 6.45) is 1.62. The van der Waals surface area contributed by atoms with Gasteiger partial charge < -0.3 is 29.5 Å². The molecule has 8 nitrogen and oxygen atoms in total. The molecule has 9 heteroatoms. The van der Waals surface area contributed by atoms with Crippen LogP contribution in [-0.2, 0) is 11.3 Å². The summed E-state index contributed by atoms with van der Waals surface area (Å²) in [6, 6.07) is 9.07. The lowest BCUT2D eigenvalue weighted by Crippen LogP contribution is -2.10. The summed E-state index contributed by atoms with van der Waals surface area (Å²) >= 11 is 3.36. The van der Waals surface area contributed by atoms with Crippen LogP contribution in [-0.4, -0.2) is 45.2 Å². The number of nitrogens with zero attached hydrogens (tertiary/aromatic N) is 1. The molecule has 0 aromatic heterocycles. The Bertz CT molecular complexity index is 857. The fourth-order valence-corrected chi connectivity index (χ4v) is 2.91. The largest absolute Gasteiger partial charge is 0.493 e. The van der Waals surface area contributed by atoms with E-state index >= 15 is 0 Å². The van der Waals surface area contributed by atoms with E-state index in [0.29, 0.717) is 34.0 Å². The average molecular weight is 453 g/mol. The van der Waals surface area contributed by atoms with Gasteiger partial charge in [0.25, 0.3) is 0 Å². The number of ether oxygens (including phenoxy) is 4. The molecule has 0 unspecified atom stereocenters. The Kier molecular flexibility index (Phi) is 7.94. The highest BCUT2D eigenvalue weighted by atomic mass is 79.9. The maximum absolute atomic E-state index is 10.7. The number of aliphatic carboxylic acids is 1. The van der Waals surface area contributed by atoms with E-state index in [2.05, 4.69) is 26.5 Å². The Hall–Kier alpha value is -2.94. The second kappa shape index (κ2) is 10.4. The van der Waals surface area contributed by atoms with Gasteiger partial charge in [-0.25, -0.2) is 4.79 Å². The first-order valence-corrected chi connectivity index (χ1v) is 8.96. The van der Waals surface area contributed by atoms with E-state index in [0.717, 1.165) is 11.1 Å². The average Bonchev–Trinajstić information content (AvgIpc) is 2.69. The molecule has 0 atom stereocenters. The van der Waals surface area contributed by atoms with Crippen LogP contribution in [0.5, 0.6) is 23.0 Å². The molecule has 0 aliphatic carbocycles. The first-order valence-electron chi connectivity index (χ1n) is 8.17. The Balaban J connectivity index is 2.04. The lowest BCUT2D eigenvalue weighted by Gasteiger charge is -2.12. The topological polar surface area (TPSA) is 98.6 Å². The van der Waals surface area contributed by atoms with Crippen molar-refractivity contribution in [3.05, 3.63) is 45.9 Å². The minimum Gasteiger partial charge on any atom is -0.493 e. The van der Waals surface area contributed by atoms with Gasteiger partial charge in [-0.2, -0.15) is 5.10 Å². The van der Waals surface area contributed by atoms with Gasteiger partial charge in [-0.3, -0.25) is 0 Å². The van der Waals surface area contributed by atoms with Gasteiger partial charge in [0.2, 0.25) is 0 Å². The summed E-state index contributed by atoms with van der Waals surface area (Å²) < 4.78 is 21.6. The molecule has 0 amide bonds. The minimum atomic E-state index is -1.07. The third kappa shape index (κ3) is 5.78. The third-order valence-electron chi connectivity index (χ3n) is 3.63. The summed E-state index contributed by atoms with van der Waals surface area (Å²) in [6.45, 7) is 0.0320. The lowest BCUT2D eigenvalue weighted by molar-refractivity contribution is -0.139. The van der Waals surface area contributed by atoms with Gasteiger partial charge in [0.1, 0.15) is 0 Å². The van der Waals surface area contributed by atoms with Gasteiger partial charge in [0.05, 0.1) is 38.6 Å². The van der Waals surface area contributed by atoms with Crippen molar-refractivity contribution in [1.82, 2.24) is 5.43 Å². The number of carboxylic acids is 1. The van der Waals surface area contributed by atoms with Gasteiger partial charge in [0.15, 0.2) is 29.6 Å². The smallest absolute Gasteiger partial charge is 0.341 e. The number of halogens is 1. The number of rotatable bonds is 10. The molecule has 150 valence electrons. The van der Waals surface area contributed by atoms with Crippen LogP contribution in [0.1, 0.15) is 11.1 Å². The number of nitrogens with one attached hydrogen (secondary N) is 1. The van der Waals surface area contributed by atoms with Crippen molar-refractivity contribution in [1.29, 1.82) is 0 Å². The number of methoxy groups -OCH3 is 3. The van der Waals surface area contributed by atoms with Gasteiger partial charge in [-0.1, -0.05) is 6.07 Å². The van der Waals surface area contributed by atoms with Crippen molar-refractivity contribution in [2.75, 3.05) is 27.9 Å². The highest BCUT2D eigenvalue weighted by Gasteiger charge is 2.12. The quantitative estimate of drug-likeness (QED) is 0.422. The van der Waals surface area contributed by atoms with Crippen LogP contribution in [0.15, 0.2) is 39.9 Å². The van der Waals surface area contributed by atoms with E-state index in [1.807, 2.05) is 18.2 Å². The van der Waals surface area contributed by atoms with E-state index in [9.17, 15) is 4.79 Å². The molecule has 0 aliphatic rings. The molecule has 0 bridgehead atoms. The zero-order valence-electron chi connectivity index (χ0n) is 15.7. The first-order chi connectivity index (χ1) is 13.5. The Morgan fingerprint density at radius 3 is 2.46 bits per heavy atom. The number of benzene rings is 2. The number of hydrogen-bond donors (Lipinski definition) is 2. The first kappa shape index (κ1) is 21.4. The zero-order chi connectivity index (χ0) is 20.5. The van der Waals surface area contributed by atoms with E-state index in [1.54, 1.807) is 32.6 Å². The minimum absolute atomic E-state index is 0.320. The molecule has 2 N–H and O–H groups in total. The third-order valence-corrected chi connectivity index (χ3v) is 4.22. The molecule has 0 saturated carbocycles. The molecule has 0 fully saturated rings. The molecule has 2 aromatic rings. The Labute approximate surface area is 171 Å². The Morgan fingerprint density at radius 2 is 1.82 bits per heavy atom. The molecule has 0 aliphatic heterocycles. The number of hydrogen-bond acceptors (Lipinski definition) is 7. The summed E-state index contributed by atoms with van der Waals surface area (Å²) in [5.41, 5.74) is 4.68. The second-order valence-electron chi connectivity index (χ2n) is 5.50. The van der Waals surface area contributed by atoms with Crippen molar-refractivity contribution in [2.24, 2.45) is 5.10 Å². The van der Waals surface area contributed by atoms with Crippen molar-refractivity contribution in [2.45, 2.75) is 6.54 Å². The molecule has 2 rings (SSSR count). The molecule has 0 radical (unpaired) electrons. The van der Waals surface area contributed by atoms with Gasteiger partial charge in [0, 0.05) is 0 Å². The lowest BCUT2D eigenvalue weighted by atomic mass is 10.2. The van der Waals surface area contributed by atoms with Gasteiger partial charge >= 0.3 is 5.97 Å². The van der Waals surface area contributed by atoms with E-state index < -0.39 is 12.6 Å². The van der Waals surface area contributed by atoms with E-state index in [-0.39, 0.29) is 0 Å². The molecule has 2 aromatic carbocycles. The highest BCUT2D eigenvalue weighted by molar-refractivity contribution is 9.10. The predicted octanol–water partition coefficient (Wildman–Crippen LogP) is 3.06. The summed E-state index contributed by atoms with van der Waals surface area (Å²) in [7, 11) is 4.65. The maximum atomic E-state index is 10.7. The van der Waals surface area contributed by atoms with Crippen molar-refractivity contribution in [3.63, 3.8) is 0 Å². The Morgan fingerprint density at radius 1 is 1.11 bits per heavy atom. The van der Waals surface area contributed by atoms with Crippen molar-refractivity contribution < 1.29 is 28.8 Å². The summed E-state index contributed by atoms with van der Waals surface area (Å²) in [5.74, 6) is 0.963. The van der Waals surface area contributed by atoms with Crippen LogP contribution in [0.2, 0.25) is 0 Å². The van der Waals surface area contributed by atoms with Crippen LogP contribution >= 0.6 is 15.9 Å². The van der Waals surface area contributed by atoms with Crippen LogP contribution < -0.4 is 24.4 Å². The van der Waals surface area contributed by atoms with E-state index in [4.69, 9.17) is 24.1 Å². The van der Waals surface area contributed by atoms with Crippen molar-refractivity contribution >= 4 is 28.1 Å². The molecule has 0 saturated heterocycles. The molecule has 28 heavy (non-hydrogen) atoms. The second-order valence-corrected chi connectivity index (χ2v) is 6.35. The maximum Gasteiger partial charge on any atom is 0.341 e. The highest BCUT2D eigenvalue weighted by Crippen LogP contribution is 2.36. The van der Waals surface area contributed by atoms with Crippen LogP contribution in [0, 0.1) is 0 Å². The molecule has 0 spiro atoms. The fraction of sp³-hybridized carbons (Fsp3) is 0.263. The SMILES string of the molecule is COc1ccc(CN/N=C\c2cc(Br)c(OCC(=O)O)c(OC)c2)cc1OC. The number of carbonyl (C=O) groups is 1. The predicted molar refractivity (Wildman–Crippen MR) is 108 cm³/mol.